The monoisotopic (exact) mass is 684 g/mol. The van der Waals surface area contributed by atoms with Crippen LogP contribution in [-0.4, -0.2) is 18.9 Å². The molecule has 0 unspecified atom stereocenters. The fourth-order valence-electron chi connectivity index (χ4n) is 2.39. The standard InChI is InChI=1S/C8H12S.2C7H11NS.C6H10N2S.4C2H6/c1-8(2,3)7-5-4-6-9-7;1-7(2,3)6-4-8-5-9-6;1-7(2,3)6-4-5-8-9-6;1-6(2,3)5-4-7-8-9-5;4*1-2/h4-6H,1-3H3;2*4-5H,1-3H3;4H,1-3H3;4*1-2H3. The van der Waals surface area contributed by atoms with E-state index >= 15 is 0 Å². The quantitative estimate of drug-likeness (QED) is 0.185. The van der Waals surface area contributed by atoms with Gasteiger partial charge in [-0.1, -0.05) is 149 Å². The van der Waals surface area contributed by atoms with Gasteiger partial charge in [-0.2, -0.15) is 0 Å². The van der Waals surface area contributed by atoms with Crippen molar-refractivity contribution in [3.8, 4) is 0 Å². The molecule has 8 heteroatoms. The number of rotatable bonds is 0. The van der Waals surface area contributed by atoms with Crippen molar-refractivity contribution in [2.75, 3.05) is 0 Å². The number of thiophene rings is 1. The lowest BCUT2D eigenvalue weighted by Gasteiger charge is -2.14. The molecule has 44 heavy (non-hydrogen) atoms. The Morgan fingerprint density at radius 2 is 0.977 bits per heavy atom. The Hall–Kier alpha value is -1.48. The van der Waals surface area contributed by atoms with E-state index in [2.05, 4.69) is 126 Å². The lowest BCUT2D eigenvalue weighted by Crippen LogP contribution is -2.07. The Bertz CT molecular complexity index is 865. The summed E-state index contributed by atoms with van der Waals surface area (Å²) in [5, 5.41) is 5.88. The maximum absolute atomic E-state index is 4.03. The lowest BCUT2D eigenvalue weighted by molar-refractivity contribution is 0.602. The van der Waals surface area contributed by atoms with E-state index in [-0.39, 0.29) is 16.2 Å². The molecular formula is C36H68N4S4. The van der Waals surface area contributed by atoms with Gasteiger partial charge < -0.3 is 0 Å². The first-order valence-electron chi connectivity index (χ1n) is 16.0. The third-order valence-corrected chi connectivity index (χ3v) is 9.47. The van der Waals surface area contributed by atoms with Gasteiger partial charge in [0.05, 0.1) is 16.6 Å². The minimum Gasteiger partial charge on any atom is -0.253 e. The summed E-state index contributed by atoms with van der Waals surface area (Å²) in [6, 6.07) is 6.36. The first kappa shape index (κ1) is 49.4. The highest BCUT2D eigenvalue weighted by molar-refractivity contribution is 7.10. The van der Waals surface area contributed by atoms with E-state index in [0.717, 1.165) is 0 Å². The molecule has 4 aromatic rings. The predicted octanol–water partition coefficient (Wildman–Crippen LogP) is 13.9. The molecule has 0 aliphatic heterocycles. The molecule has 4 nitrogen and oxygen atoms in total. The topological polar surface area (TPSA) is 51.6 Å². The van der Waals surface area contributed by atoms with Crippen molar-refractivity contribution in [3.05, 3.63) is 67.2 Å². The van der Waals surface area contributed by atoms with Crippen molar-refractivity contribution in [1.82, 2.24) is 18.9 Å². The predicted molar refractivity (Wildman–Crippen MR) is 209 cm³/mol. The first-order chi connectivity index (χ1) is 20.4. The highest BCUT2D eigenvalue weighted by Crippen LogP contribution is 2.27. The number of thiazole rings is 1. The molecule has 4 aromatic heterocycles. The van der Waals surface area contributed by atoms with E-state index in [4.69, 9.17) is 0 Å². The van der Waals surface area contributed by atoms with Gasteiger partial charge in [0.25, 0.3) is 0 Å². The Morgan fingerprint density at radius 1 is 0.500 bits per heavy atom. The zero-order valence-electron chi connectivity index (χ0n) is 32.0. The summed E-state index contributed by atoms with van der Waals surface area (Å²) in [5.41, 5.74) is 2.99. The van der Waals surface area contributed by atoms with Crippen LogP contribution in [0.3, 0.4) is 0 Å². The molecule has 0 fully saturated rings. The molecule has 0 saturated carbocycles. The number of hydrogen-bond acceptors (Lipinski definition) is 8. The van der Waals surface area contributed by atoms with Crippen LogP contribution in [0, 0.1) is 0 Å². The normalized spacial score (nSPS) is 10.3. The summed E-state index contributed by atoms with van der Waals surface area (Å²) in [6.07, 6.45) is 5.61. The van der Waals surface area contributed by atoms with Gasteiger partial charge in [0.15, 0.2) is 0 Å². The molecular weight excluding hydrogens is 617 g/mol. The summed E-state index contributed by atoms with van der Waals surface area (Å²) < 4.78 is 7.81. The maximum atomic E-state index is 4.03. The third-order valence-electron chi connectivity index (χ3n) is 4.71. The van der Waals surface area contributed by atoms with E-state index in [9.17, 15) is 0 Å². The molecule has 4 rings (SSSR count). The maximum Gasteiger partial charge on any atom is 0.0794 e. The molecule has 0 aliphatic carbocycles. The van der Waals surface area contributed by atoms with Gasteiger partial charge in [-0.3, -0.25) is 4.98 Å². The van der Waals surface area contributed by atoms with Gasteiger partial charge in [-0.05, 0) is 62.2 Å². The van der Waals surface area contributed by atoms with Crippen LogP contribution in [0.1, 0.15) is 158 Å². The van der Waals surface area contributed by atoms with E-state index in [0.29, 0.717) is 5.41 Å². The highest BCUT2D eigenvalue weighted by atomic mass is 32.1. The molecule has 0 amide bonds. The lowest BCUT2D eigenvalue weighted by atomic mass is 9.95. The van der Waals surface area contributed by atoms with Crippen LogP contribution >= 0.6 is 45.7 Å². The minimum absolute atomic E-state index is 0.216. The molecule has 256 valence electrons. The van der Waals surface area contributed by atoms with Crippen molar-refractivity contribution < 1.29 is 0 Å². The van der Waals surface area contributed by atoms with Gasteiger partial charge in [0.1, 0.15) is 0 Å². The van der Waals surface area contributed by atoms with Crippen LogP contribution < -0.4 is 0 Å². The van der Waals surface area contributed by atoms with Crippen LogP contribution in [0.25, 0.3) is 0 Å². The molecule has 0 radical (unpaired) electrons. The summed E-state index contributed by atoms with van der Waals surface area (Å²) in [6.45, 7) is 42.3. The summed E-state index contributed by atoms with van der Waals surface area (Å²) in [4.78, 5) is 9.41. The van der Waals surface area contributed by atoms with Crippen LogP contribution in [0.15, 0.2) is 47.7 Å². The van der Waals surface area contributed by atoms with E-state index < -0.39 is 0 Å². The van der Waals surface area contributed by atoms with Gasteiger partial charge in [0.2, 0.25) is 0 Å². The third kappa shape index (κ3) is 24.8. The van der Waals surface area contributed by atoms with Crippen LogP contribution in [-0.2, 0) is 21.7 Å². The van der Waals surface area contributed by atoms with Crippen molar-refractivity contribution in [1.29, 1.82) is 0 Å². The largest absolute Gasteiger partial charge is 0.253 e. The van der Waals surface area contributed by atoms with Gasteiger partial charge in [-0.25, -0.2) is 4.37 Å². The van der Waals surface area contributed by atoms with E-state index in [1.807, 2.05) is 90.8 Å². The second-order valence-electron chi connectivity index (χ2n) is 12.5. The Morgan fingerprint density at radius 3 is 1.16 bits per heavy atom. The van der Waals surface area contributed by atoms with Crippen LogP contribution in [0.2, 0.25) is 0 Å². The fourth-order valence-corrected chi connectivity index (χ4v) is 5.10. The SMILES string of the molecule is CC.CC.CC.CC.CC(C)(C)c1cccs1.CC(C)(C)c1ccns1.CC(C)(C)c1cncs1.CC(C)(C)c1cnns1. The Labute approximate surface area is 290 Å². The molecule has 0 aliphatic rings. The Kier molecular flexibility index (Phi) is 30.0. The number of aromatic nitrogens is 4. The fraction of sp³-hybridized carbons (Fsp3) is 0.667. The molecule has 0 spiro atoms. The molecule has 0 saturated heterocycles. The van der Waals surface area contributed by atoms with Gasteiger partial charge >= 0.3 is 0 Å². The van der Waals surface area contributed by atoms with E-state index in [1.54, 1.807) is 22.9 Å². The molecule has 0 aromatic carbocycles. The first-order valence-corrected chi connectivity index (χ1v) is 19.3. The summed E-state index contributed by atoms with van der Waals surface area (Å²) in [7, 11) is 0. The van der Waals surface area contributed by atoms with E-state index in [1.165, 1.54) is 31.0 Å². The smallest absolute Gasteiger partial charge is 0.0794 e. The second-order valence-corrected chi connectivity index (χ2v) is 16.0. The number of hydrogen-bond donors (Lipinski definition) is 0. The highest BCUT2D eigenvalue weighted by Gasteiger charge is 2.16. The van der Waals surface area contributed by atoms with Crippen molar-refractivity contribution in [3.63, 3.8) is 0 Å². The average Bonchev–Trinajstić information content (AvgIpc) is 3.79. The average molecular weight is 685 g/mol. The van der Waals surface area contributed by atoms with Crippen LogP contribution in [0.4, 0.5) is 0 Å². The second kappa shape index (κ2) is 26.7. The van der Waals surface area contributed by atoms with Crippen LogP contribution in [0.5, 0.6) is 0 Å². The minimum atomic E-state index is 0.216. The Balaban J connectivity index is -0.000000225. The summed E-state index contributed by atoms with van der Waals surface area (Å²) >= 11 is 6.60. The molecule has 0 N–H and O–H groups in total. The van der Waals surface area contributed by atoms with Gasteiger partial charge in [-0.15, -0.1) is 27.8 Å². The number of nitrogens with zero attached hydrogens (tertiary/aromatic N) is 4. The van der Waals surface area contributed by atoms with Crippen molar-refractivity contribution in [2.24, 2.45) is 0 Å². The molecule has 0 bridgehead atoms. The molecule has 4 heterocycles. The summed E-state index contributed by atoms with van der Waals surface area (Å²) in [5.74, 6) is 0. The zero-order chi connectivity index (χ0) is 35.6. The zero-order valence-corrected chi connectivity index (χ0v) is 35.3. The van der Waals surface area contributed by atoms with Crippen molar-refractivity contribution in [2.45, 2.75) is 160 Å². The van der Waals surface area contributed by atoms with Crippen molar-refractivity contribution >= 4 is 45.7 Å². The van der Waals surface area contributed by atoms with Gasteiger partial charge in [0, 0.05) is 27.0 Å². The molecule has 0 atom stereocenters.